The van der Waals surface area contributed by atoms with Crippen LogP contribution in [0.2, 0.25) is 5.02 Å². The van der Waals surface area contributed by atoms with Crippen molar-refractivity contribution in [3.63, 3.8) is 0 Å². The Morgan fingerprint density at radius 2 is 1.75 bits per heavy atom. The molecule has 2 N–H and O–H groups in total. The lowest BCUT2D eigenvalue weighted by Crippen LogP contribution is -2.52. The normalized spacial score (nSPS) is 15.0. The van der Waals surface area contributed by atoms with Crippen LogP contribution in [0.1, 0.15) is 70.2 Å². The number of carbonyl (C=O) groups excluding carboxylic acids is 3. The van der Waals surface area contributed by atoms with Crippen LogP contribution in [-0.4, -0.2) is 40.5 Å². The summed E-state index contributed by atoms with van der Waals surface area (Å²) < 4.78 is 5.32. The highest BCUT2D eigenvalue weighted by atomic mass is 35.5. The first kappa shape index (κ1) is 27.5. The summed E-state index contributed by atoms with van der Waals surface area (Å²) in [6.07, 6.45) is 1.75. The maximum Gasteiger partial charge on any atom is 0.408 e. The summed E-state index contributed by atoms with van der Waals surface area (Å²) in [7, 11) is 0. The molecule has 2 atom stereocenters. The number of rotatable bonds is 8. The van der Waals surface area contributed by atoms with Gasteiger partial charge in [-0.3, -0.25) is 9.59 Å². The van der Waals surface area contributed by atoms with Gasteiger partial charge >= 0.3 is 6.09 Å². The highest BCUT2D eigenvalue weighted by molar-refractivity contribution is 6.34. The van der Waals surface area contributed by atoms with Gasteiger partial charge in [-0.2, -0.15) is 0 Å². The Morgan fingerprint density at radius 3 is 2.28 bits per heavy atom. The Bertz CT molecular complexity index is 1090. The van der Waals surface area contributed by atoms with Crippen molar-refractivity contribution in [3.05, 3.63) is 64.2 Å². The van der Waals surface area contributed by atoms with Crippen molar-refractivity contribution in [2.24, 2.45) is 0 Å². The van der Waals surface area contributed by atoms with E-state index in [1.165, 1.54) is 0 Å². The first-order valence-corrected chi connectivity index (χ1v) is 12.8. The lowest BCUT2D eigenvalue weighted by atomic mass is 10.00. The fourth-order valence-electron chi connectivity index (χ4n) is 4.00. The van der Waals surface area contributed by atoms with Gasteiger partial charge in [0.1, 0.15) is 17.7 Å². The second-order valence-corrected chi connectivity index (χ2v) is 10.7. The zero-order chi connectivity index (χ0) is 26.6. The molecular formula is C28H36ClN3O4. The summed E-state index contributed by atoms with van der Waals surface area (Å²) in [6, 6.07) is 11.2. The molecule has 1 saturated carbocycles. The molecule has 0 radical (unpaired) electrons. The van der Waals surface area contributed by atoms with Crippen molar-refractivity contribution in [2.45, 2.75) is 84.5 Å². The van der Waals surface area contributed by atoms with Crippen LogP contribution < -0.4 is 10.6 Å². The highest BCUT2D eigenvalue weighted by Gasteiger charge is 2.43. The Morgan fingerprint density at radius 1 is 1.11 bits per heavy atom. The number of ether oxygens (including phenoxy) is 1. The Labute approximate surface area is 218 Å². The second kappa shape index (κ2) is 11.3. The van der Waals surface area contributed by atoms with Crippen LogP contribution in [0.15, 0.2) is 42.5 Å². The summed E-state index contributed by atoms with van der Waals surface area (Å²) in [4.78, 5) is 41.5. The smallest absolute Gasteiger partial charge is 0.408 e. The van der Waals surface area contributed by atoms with Crippen LogP contribution >= 0.6 is 11.6 Å². The van der Waals surface area contributed by atoms with Crippen LogP contribution in [0, 0.1) is 6.92 Å². The number of aryl methyl sites for hydroxylation is 2. The molecule has 7 nitrogen and oxygen atoms in total. The average Bonchev–Trinajstić information content (AvgIpc) is 3.63. The molecule has 3 amide bonds. The van der Waals surface area contributed by atoms with E-state index < -0.39 is 23.8 Å². The molecule has 3 rings (SSSR count). The molecule has 0 saturated heterocycles. The lowest BCUT2D eigenvalue weighted by Gasteiger charge is -2.34. The number of para-hydroxylation sites is 1. The fourth-order valence-corrected chi connectivity index (χ4v) is 4.27. The van der Waals surface area contributed by atoms with E-state index in [9.17, 15) is 14.4 Å². The number of alkyl carbamates (subject to hydrolysis) is 1. The van der Waals surface area contributed by atoms with Crippen molar-refractivity contribution >= 4 is 35.2 Å². The monoisotopic (exact) mass is 513 g/mol. The van der Waals surface area contributed by atoms with Gasteiger partial charge in [0.15, 0.2) is 0 Å². The summed E-state index contributed by atoms with van der Waals surface area (Å²) in [5.41, 5.74) is 2.46. The first-order chi connectivity index (χ1) is 16.9. The van der Waals surface area contributed by atoms with Crippen LogP contribution in [0.25, 0.3) is 0 Å². The molecule has 2 aromatic carbocycles. The minimum atomic E-state index is -0.894. The molecular weight excluding hydrogens is 478 g/mol. The minimum Gasteiger partial charge on any atom is -0.444 e. The van der Waals surface area contributed by atoms with Crippen LogP contribution in [0.5, 0.6) is 0 Å². The fraction of sp³-hybridized carbons (Fsp3) is 0.464. The zero-order valence-corrected chi connectivity index (χ0v) is 22.6. The summed E-state index contributed by atoms with van der Waals surface area (Å²) >= 11 is 6.38. The van der Waals surface area contributed by atoms with Crippen LogP contribution in [-0.2, 0) is 20.7 Å². The van der Waals surface area contributed by atoms with Crippen molar-refractivity contribution < 1.29 is 19.1 Å². The third-order valence-corrected chi connectivity index (χ3v) is 6.31. The molecule has 0 bridgehead atoms. The number of nitrogens with one attached hydrogen (secondary N) is 2. The maximum absolute atomic E-state index is 13.8. The maximum atomic E-state index is 13.8. The van der Waals surface area contributed by atoms with E-state index in [0.29, 0.717) is 16.3 Å². The van der Waals surface area contributed by atoms with Crippen molar-refractivity contribution in [1.29, 1.82) is 0 Å². The summed E-state index contributed by atoms with van der Waals surface area (Å²) in [5, 5.41) is 6.01. The van der Waals surface area contributed by atoms with E-state index in [1.54, 1.807) is 38.7 Å². The molecule has 194 valence electrons. The molecule has 1 fully saturated rings. The number of hydrogen-bond acceptors (Lipinski definition) is 4. The second-order valence-electron chi connectivity index (χ2n) is 10.3. The highest BCUT2D eigenvalue weighted by Crippen LogP contribution is 2.37. The molecule has 8 heteroatoms. The van der Waals surface area contributed by atoms with Crippen molar-refractivity contribution in [1.82, 2.24) is 10.2 Å². The number of nitrogens with zero attached hydrogens (tertiary/aromatic N) is 1. The number of hydrogen-bond donors (Lipinski definition) is 2. The predicted molar refractivity (Wildman–Crippen MR) is 142 cm³/mol. The van der Waals surface area contributed by atoms with Gasteiger partial charge in [0, 0.05) is 6.04 Å². The number of amides is 3. The van der Waals surface area contributed by atoms with E-state index in [4.69, 9.17) is 16.3 Å². The van der Waals surface area contributed by atoms with Gasteiger partial charge in [-0.25, -0.2) is 4.79 Å². The standard InChI is InChI=1S/C28H36ClN3O4/c1-7-19-11-13-20(14-12-19)24(25(33)31-23-17(2)9-8-10-22(23)29)32(21-15-16-21)26(34)18(3)30-27(35)36-28(4,5)6/h8-14,18,21,24H,7,15-16H2,1-6H3,(H,30,35)(H,31,33). The Kier molecular flexibility index (Phi) is 8.67. The summed E-state index contributed by atoms with van der Waals surface area (Å²) in [5.74, 6) is -0.709. The van der Waals surface area contributed by atoms with E-state index in [0.717, 1.165) is 30.4 Å². The Balaban J connectivity index is 1.95. The van der Waals surface area contributed by atoms with Crippen LogP contribution in [0.4, 0.5) is 10.5 Å². The van der Waals surface area contributed by atoms with Gasteiger partial charge < -0.3 is 20.3 Å². The van der Waals surface area contributed by atoms with E-state index in [1.807, 2.05) is 43.3 Å². The largest absolute Gasteiger partial charge is 0.444 e. The molecule has 0 heterocycles. The molecule has 0 aliphatic heterocycles. The van der Waals surface area contributed by atoms with Crippen LogP contribution in [0.3, 0.4) is 0 Å². The van der Waals surface area contributed by atoms with Gasteiger partial charge in [0.05, 0.1) is 10.7 Å². The van der Waals surface area contributed by atoms with E-state index in [2.05, 4.69) is 17.6 Å². The number of halogens is 1. The molecule has 0 aromatic heterocycles. The topological polar surface area (TPSA) is 87.7 Å². The van der Waals surface area contributed by atoms with Gasteiger partial charge in [0.2, 0.25) is 5.91 Å². The van der Waals surface area contributed by atoms with Gasteiger partial charge in [0.25, 0.3) is 5.91 Å². The van der Waals surface area contributed by atoms with E-state index >= 15 is 0 Å². The lowest BCUT2D eigenvalue weighted by molar-refractivity contribution is -0.141. The number of carbonyl (C=O) groups is 3. The first-order valence-electron chi connectivity index (χ1n) is 12.4. The minimum absolute atomic E-state index is 0.102. The number of anilines is 1. The molecule has 0 spiro atoms. The number of benzene rings is 2. The van der Waals surface area contributed by atoms with Gasteiger partial charge in [-0.1, -0.05) is 54.9 Å². The average molecular weight is 514 g/mol. The molecule has 1 aliphatic rings. The Hall–Kier alpha value is -3.06. The molecule has 36 heavy (non-hydrogen) atoms. The van der Waals surface area contributed by atoms with Gasteiger partial charge in [-0.05, 0) is 76.6 Å². The quantitative estimate of drug-likeness (QED) is 0.467. The van der Waals surface area contributed by atoms with Gasteiger partial charge in [-0.15, -0.1) is 0 Å². The van der Waals surface area contributed by atoms with Crippen molar-refractivity contribution in [3.8, 4) is 0 Å². The zero-order valence-electron chi connectivity index (χ0n) is 21.9. The molecule has 2 unspecified atom stereocenters. The van der Waals surface area contributed by atoms with Crippen molar-refractivity contribution in [2.75, 3.05) is 5.32 Å². The summed E-state index contributed by atoms with van der Waals surface area (Å²) in [6.45, 7) is 10.8. The molecule has 1 aliphatic carbocycles. The third kappa shape index (κ3) is 7.00. The molecule has 2 aromatic rings. The predicted octanol–water partition coefficient (Wildman–Crippen LogP) is 5.79. The third-order valence-electron chi connectivity index (χ3n) is 6.00. The van der Waals surface area contributed by atoms with E-state index in [-0.39, 0.29) is 17.9 Å². The SMILES string of the molecule is CCc1ccc(C(C(=O)Nc2c(C)cccc2Cl)N(C(=O)C(C)NC(=O)OC(C)(C)C)C2CC2)cc1.